The lowest BCUT2D eigenvalue weighted by atomic mass is 9.96. The summed E-state index contributed by atoms with van der Waals surface area (Å²) in [7, 11) is 0. The van der Waals surface area contributed by atoms with E-state index in [0.29, 0.717) is 6.54 Å². The van der Waals surface area contributed by atoms with E-state index in [1.807, 2.05) is 0 Å². The predicted molar refractivity (Wildman–Crippen MR) is 46.9 cm³/mol. The number of rotatable bonds is 1. The van der Waals surface area contributed by atoms with Crippen LogP contribution in [0.3, 0.4) is 0 Å². The van der Waals surface area contributed by atoms with E-state index in [2.05, 4.69) is 17.5 Å². The molecule has 0 unspecified atom stereocenters. The quantitative estimate of drug-likeness (QED) is 0.591. The first-order valence-corrected chi connectivity index (χ1v) is 4.90. The van der Waals surface area contributed by atoms with Gasteiger partial charge in [0.1, 0.15) is 6.17 Å². The fraction of sp³-hybridized carbons (Fsp3) is 1.00. The van der Waals surface area contributed by atoms with E-state index in [1.54, 1.807) is 0 Å². The minimum absolute atomic E-state index is 0.141. The highest BCUT2D eigenvalue weighted by Crippen LogP contribution is 2.40. The Bertz CT molecular complexity index is 164. The van der Waals surface area contributed by atoms with Gasteiger partial charge in [-0.3, -0.25) is 4.90 Å². The minimum Gasteiger partial charge on any atom is -0.294 e. The molecule has 0 saturated carbocycles. The first-order chi connectivity index (χ1) is 5.27. The highest BCUT2D eigenvalue weighted by atomic mass is 32.1. The number of thiol groups is 1. The van der Waals surface area contributed by atoms with Crippen LogP contribution in [0.15, 0.2) is 0 Å². The van der Waals surface area contributed by atoms with Crippen LogP contribution in [0.2, 0.25) is 0 Å². The van der Waals surface area contributed by atoms with Crippen LogP contribution in [0.25, 0.3) is 0 Å². The molecule has 11 heavy (non-hydrogen) atoms. The van der Waals surface area contributed by atoms with Crippen molar-refractivity contribution in [1.29, 1.82) is 0 Å². The maximum atomic E-state index is 13.0. The van der Waals surface area contributed by atoms with Crippen molar-refractivity contribution in [2.45, 2.75) is 31.0 Å². The van der Waals surface area contributed by atoms with Crippen molar-refractivity contribution >= 4 is 12.6 Å². The van der Waals surface area contributed by atoms with E-state index in [1.165, 1.54) is 6.42 Å². The summed E-state index contributed by atoms with van der Waals surface area (Å²) in [6.07, 6.45) is 2.50. The summed E-state index contributed by atoms with van der Waals surface area (Å²) in [6.45, 7) is 1.74. The van der Waals surface area contributed by atoms with Gasteiger partial charge in [-0.05, 0) is 25.8 Å². The van der Waals surface area contributed by atoms with Gasteiger partial charge in [-0.25, -0.2) is 4.39 Å². The lowest BCUT2D eigenvalue weighted by Gasteiger charge is -2.29. The van der Waals surface area contributed by atoms with Crippen LogP contribution in [-0.4, -0.2) is 35.5 Å². The zero-order valence-electron chi connectivity index (χ0n) is 6.59. The molecule has 3 heteroatoms. The lowest BCUT2D eigenvalue weighted by molar-refractivity contribution is 0.223. The second-order valence-electron chi connectivity index (χ2n) is 3.73. The van der Waals surface area contributed by atoms with Crippen molar-refractivity contribution in [3.8, 4) is 0 Å². The summed E-state index contributed by atoms with van der Waals surface area (Å²) < 4.78 is 13.0. The van der Waals surface area contributed by atoms with E-state index >= 15 is 0 Å². The van der Waals surface area contributed by atoms with E-state index in [4.69, 9.17) is 0 Å². The molecule has 64 valence electrons. The third-order valence-electron chi connectivity index (χ3n) is 3.06. The molecule has 0 spiro atoms. The van der Waals surface area contributed by atoms with Crippen LogP contribution in [0, 0.1) is 0 Å². The summed E-state index contributed by atoms with van der Waals surface area (Å²) in [5.74, 6) is 0.827. The number of nitrogens with zero attached hydrogens (tertiary/aromatic N) is 1. The molecule has 0 radical (unpaired) electrons. The summed E-state index contributed by atoms with van der Waals surface area (Å²) >= 11 is 4.31. The van der Waals surface area contributed by atoms with Gasteiger partial charge in [-0.15, -0.1) is 0 Å². The maximum Gasteiger partial charge on any atom is 0.115 e. The van der Waals surface area contributed by atoms with Gasteiger partial charge in [0.2, 0.25) is 0 Å². The van der Waals surface area contributed by atoms with Crippen LogP contribution in [0.4, 0.5) is 4.39 Å². The second kappa shape index (κ2) is 2.63. The SMILES string of the molecule is F[C@@H]1CN2CCC[C@@]2(CS)C1. The summed E-state index contributed by atoms with van der Waals surface area (Å²) in [6, 6.07) is 0. The van der Waals surface area contributed by atoms with Gasteiger partial charge in [0.05, 0.1) is 0 Å². The number of halogens is 1. The van der Waals surface area contributed by atoms with E-state index in [9.17, 15) is 4.39 Å². The normalized spacial score (nSPS) is 44.7. The van der Waals surface area contributed by atoms with Crippen molar-refractivity contribution in [3.63, 3.8) is 0 Å². The van der Waals surface area contributed by atoms with Gasteiger partial charge in [0.15, 0.2) is 0 Å². The molecule has 0 aliphatic carbocycles. The standard InChI is InChI=1S/C8H14FNS/c9-7-4-8(6-11)2-1-3-10(8)5-7/h7,11H,1-6H2/t7-,8-/m0/s1. The minimum atomic E-state index is -0.595. The van der Waals surface area contributed by atoms with Gasteiger partial charge in [0, 0.05) is 17.8 Å². The highest BCUT2D eigenvalue weighted by Gasteiger charge is 2.47. The van der Waals surface area contributed by atoms with Gasteiger partial charge >= 0.3 is 0 Å². The Morgan fingerprint density at radius 1 is 1.64 bits per heavy atom. The van der Waals surface area contributed by atoms with Gasteiger partial charge in [-0.2, -0.15) is 12.6 Å². The smallest absolute Gasteiger partial charge is 0.115 e. The van der Waals surface area contributed by atoms with Crippen molar-refractivity contribution in [2.75, 3.05) is 18.8 Å². The number of hydrogen-bond acceptors (Lipinski definition) is 2. The Morgan fingerprint density at radius 3 is 3.09 bits per heavy atom. The molecule has 2 heterocycles. The Labute approximate surface area is 72.4 Å². The third-order valence-corrected chi connectivity index (χ3v) is 3.64. The van der Waals surface area contributed by atoms with Gasteiger partial charge in [0.25, 0.3) is 0 Å². The number of fused-ring (bicyclic) bond motifs is 1. The molecule has 2 aliphatic rings. The van der Waals surface area contributed by atoms with Crippen LogP contribution >= 0.6 is 12.6 Å². The molecule has 2 rings (SSSR count). The molecular weight excluding hydrogens is 161 g/mol. The van der Waals surface area contributed by atoms with Crippen LogP contribution in [-0.2, 0) is 0 Å². The van der Waals surface area contributed by atoms with Crippen LogP contribution < -0.4 is 0 Å². The average molecular weight is 175 g/mol. The topological polar surface area (TPSA) is 3.24 Å². The Balaban J connectivity index is 2.15. The van der Waals surface area contributed by atoms with Crippen molar-refractivity contribution < 1.29 is 4.39 Å². The lowest BCUT2D eigenvalue weighted by Crippen LogP contribution is -2.39. The third kappa shape index (κ3) is 1.09. The fourth-order valence-electron chi connectivity index (χ4n) is 2.47. The van der Waals surface area contributed by atoms with Crippen molar-refractivity contribution in [2.24, 2.45) is 0 Å². The van der Waals surface area contributed by atoms with E-state index < -0.39 is 6.17 Å². The molecule has 0 aromatic carbocycles. The first-order valence-electron chi connectivity index (χ1n) is 4.27. The molecule has 2 fully saturated rings. The monoisotopic (exact) mass is 175 g/mol. The Hall–Kier alpha value is 0.240. The summed E-state index contributed by atoms with van der Waals surface area (Å²) in [5.41, 5.74) is 0.141. The zero-order chi connectivity index (χ0) is 7.90. The second-order valence-corrected chi connectivity index (χ2v) is 4.05. The summed E-state index contributed by atoms with van der Waals surface area (Å²) in [5, 5.41) is 0. The maximum absolute atomic E-state index is 13.0. The molecule has 0 aromatic rings. The largest absolute Gasteiger partial charge is 0.294 e. The molecule has 2 atom stereocenters. The molecule has 1 nitrogen and oxygen atoms in total. The first kappa shape index (κ1) is 7.87. The molecular formula is C8H14FNS. The molecule has 2 saturated heterocycles. The number of hydrogen-bond donors (Lipinski definition) is 1. The molecule has 0 bridgehead atoms. The van der Waals surface area contributed by atoms with Crippen molar-refractivity contribution in [1.82, 2.24) is 4.90 Å². The molecule has 0 N–H and O–H groups in total. The van der Waals surface area contributed by atoms with Crippen molar-refractivity contribution in [3.05, 3.63) is 0 Å². The Morgan fingerprint density at radius 2 is 2.45 bits per heavy atom. The van der Waals surface area contributed by atoms with Gasteiger partial charge in [-0.1, -0.05) is 0 Å². The molecule has 0 amide bonds. The predicted octanol–water partition coefficient (Wildman–Crippen LogP) is 1.49. The zero-order valence-corrected chi connectivity index (χ0v) is 7.49. The average Bonchev–Trinajstić information content (AvgIpc) is 2.43. The van der Waals surface area contributed by atoms with Crippen LogP contribution in [0.1, 0.15) is 19.3 Å². The van der Waals surface area contributed by atoms with E-state index in [-0.39, 0.29) is 5.54 Å². The van der Waals surface area contributed by atoms with E-state index in [0.717, 1.165) is 25.1 Å². The molecule has 2 aliphatic heterocycles. The highest BCUT2D eigenvalue weighted by molar-refractivity contribution is 7.80. The molecule has 0 aromatic heterocycles. The number of alkyl halides is 1. The fourth-order valence-corrected chi connectivity index (χ4v) is 2.96. The van der Waals surface area contributed by atoms with Gasteiger partial charge < -0.3 is 0 Å². The Kier molecular flexibility index (Phi) is 1.88. The van der Waals surface area contributed by atoms with Crippen LogP contribution in [0.5, 0.6) is 0 Å². The summed E-state index contributed by atoms with van der Waals surface area (Å²) in [4.78, 5) is 2.28.